The summed E-state index contributed by atoms with van der Waals surface area (Å²) in [7, 11) is 0. The molecular weight excluding hydrogens is 253 g/mol. The van der Waals surface area contributed by atoms with Crippen LogP contribution in [0.4, 0.5) is 10.1 Å². The van der Waals surface area contributed by atoms with Crippen molar-refractivity contribution in [3.8, 4) is 0 Å². The summed E-state index contributed by atoms with van der Waals surface area (Å²) >= 11 is 5.49. The fourth-order valence-electron chi connectivity index (χ4n) is 1.24. The number of halogens is 2. The molecule has 0 unspecified atom stereocenters. The monoisotopic (exact) mass is 261 g/mol. The van der Waals surface area contributed by atoms with Crippen LogP contribution in [0.25, 0.3) is 0 Å². The lowest BCUT2D eigenvalue weighted by atomic mass is 10.1. The maximum atomic E-state index is 13.2. The van der Waals surface area contributed by atoms with E-state index in [0.717, 1.165) is 6.07 Å². The van der Waals surface area contributed by atoms with Gasteiger partial charge in [-0.2, -0.15) is 4.39 Å². The zero-order valence-corrected chi connectivity index (χ0v) is 9.66. The van der Waals surface area contributed by atoms with Crippen molar-refractivity contribution in [3.05, 3.63) is 38.7 Å². The Morgan fingerprint density at radius 2 is 2.24 bits per heavy atom. The van der Waals surface area contributed by atoms with Gasteiger partial charge < -0.3 is 4.74 Å². The average Bonchev–Trinajstić information content (AvgIpc) is 2.23. The molecule has 0 aromatic heterocycles. The predicted octanol–water partition coefficient (Wildman–Crippen LogP) is 2.49. The van der Waals surface area contributed by atoms with Gasteiger partial charge in [0.05, 0.1) is 23.0 Å². The molecule has 0 atom stereocenters. The Bertz CT molecular complexity index is 464. The van der Waals surface area contributed by atoms with E-state index in [1.807, 2.05) is 0 Å². The number of esters is 1. The first kappa shape index (κ1) is 13.4. The number of carbonyl (C=O) groups is 1. The minimum atomic E-state index is -1.11. The Hall–Kier alpha value is -1.69. The van der Waals surface area contributed by atoms with E-state index < -0.39 is 27.4 Å². The van der Waals surface area contributed by atoms with E-state index >= 15 is 0 Å². The number of hydrogen-bond acceptors (Lipinski definition) is 4. The third kappa shape index (κ3) is 3.39. The lowest BCUT2D eigenvalue weighted by molar-refractivity contribution is -0.387. The van der Waals surface area contributed by atoms with Crippen LogP contribution >= 0.6 is 11.6 Å². The van der Waals surface area contributed by atoms with Gasteiger partial charge in [-0.3, -0.25) is 14.9 Å². The Kier molecular flexibility index (Phi) is 4.39. The van der Waals surface area contributed by atoms with Crippen molar-refractivity contribution in [3.63, 3.8) is 0 Å². The highest BCUT2D eigenvalue weighted by molar-refractivity contribution is 6.31. The van der Waals surface area contributed by atoms with E-state index in [2.05, 4.69) is 4.74 Å². The van der Waals surface area contributed by atoms with Crippen molar-refractivity contribution < 1.29 is 18.8 Å². The minimum Gasteiger partial charge on any atom is -0.466 e. The number of hydrogen-bond donors (Lipinski definition) is 0. The van der Waals surface area contributed by atoms with Gasteiger partial charge in [0, 0.05) is 6.07 Å². The van der Waals surface area contributed by atoms with Crippen LogP contribution in [0.3, 0.4) is 0 Å². The summed E-state index contributed by atoms with van der Waals surface area (Å²) in [6.07, 6.45) is -0.186. The van der Waals surface area contributed by atoms with Crippen molar-refractivity contribution in [2.45, 2.75) is 13.3 Å². The summed E-state index contributed by atoms with van der Waals surface area (Å²) in [5.41, 5.74) is -0.515. The highest BCUT2D eigenvalue weighted by atomic mass is 35.5. The maximum absolute atomic E-state index is 13.2. The van der Waals surface area contributed by atoms with Gasteiger partial charge in [-0.1, -0.05) is 11.6 Å². The number of nitro benzene ring substituents is 1. The molecule has 0 aliphatic rings. The van der Waals surface area contributed by atoms with Crippen molar-refractivity contribution in [1.82, 2.24) is 0 Å². The molecule has 1 rings (SSSR count). The van der Waals surface area contributed by atoms with Gasteiger partial charge in [0.1, 0.15) is 0 Å². The number of ether oxygens (including phenoxy) is 1. The molecular formula is C10H9ClFNO4. The molecule has 17 heavy (non-hydrogen) atoms. The quantitative estimate of drug-likeness (QED) is 0.474. The first-order valence-electron chi connectivity index (χ1n) is 4.73. The molecule has 0 aliphatic heterocycles. The van der Waals surface area contributed by atoms with Crippen LogP contribution in [0.15, 0.2) is 12.1 Å². The van der Waals surface area contributed by atoms with Gasteiger partial charge in [0.2, 0.25) is 5.82 Å². The van der Waals surface area contributed by atoms with Crippen molar-refractivity contribution in [1.29, 1.82) is 0 Å². The summed E-state index contributed by atoms with van der Waals surface area (Å²) in [5.74, 6) is -1.66. The highest BCUT2D eigenvalue weighted by Gasteiger charge is 2.19. The second-order valence-electron chi connectivity index (χ2n) is 3.15. The topological polar surface area (TPSA) is 69.4 Å². The number of benzene rings is 1. The normalized spacial score (nSPS) is 10.1. The Morgan fingerprint density at radius 3 is 2.76 bits per heavy atom. The molecule has 7 heteroatoms. The third-order valence-corrected chi connectivity index (χ3v) is 2.19. The molecule has 0 fully saturated rings. The van der Waals surface area contributed by atoms with Gasteiger partial charge in [0.15, 0.2) is 0 Å². The zero-order valence-electron chi connectivity index (χ0n) is 8.91. The Balaban J connectivity index is 3.02. The van der Waals surface area contributed by atoms with Crippen LogP contribution in [0, 0.1) is 15.9 Å². The first-order chi connectivity index (χ1) is 7.95. The van der Waals surface area contributed by atoms with Crippen molar-refractivity contribution in [2.75, 3.05) is 6.61 Å². The predicted molar refractivity (Wildman–Crippen MR) is 58.4 cm³/mol. The standard InChI is InChI=1S/C10H9ClFNO4/c1-2-17-9(14)5-6-3-7(11)10(12)8(4-6)13(15)16/h3-4H,2,5H2,1H3. The molecule has 0 saturated carbocycles. The summed E-state index contributed by atoms with van der Waals surface area (Å²) in [5, 5.41) is 10.1. The summed E-state index contributed by atoms with van der Waals surface area (Å²) in [6, 6.07) is 2.14. The van der Waals surface area contributed by atoms with Crippen LogP contribution in [0.1, 0.15) is 12.5 Å². The molecule has 1 aromatic carbocycles. The highest BCUT2D eigenvalue weighted by Crippen LogP contribution is 2.26. The molecule has 0 spiro atoms. The molecule has 1 aromatic rings. The second kappa shape index (κ2) is 5.58. The van der Waals surface area contributed by atoms with E-state index in [9.17, 15) is 19.3 Å². The molecule has 92 valence electrons. The zero-order chi connectivity index (χ0) is 13.0. The molecule has 0 N–H and O–H groups in total. The Morgan fingerprint density at radius 1 is 1.59 bits per heavy atom. The van der Waals surface area contributed by atoms with E-state index in [1.165, 1.54) is 6.07 Å². The van der Waals surface area contributed by atoms with Crippen LogP contribution in [-0.4, -0.2) is 17.5 Å². The number of nitro groups is 1. The summed E-state index contributed by atoms with van der Waals surface area (Å²) in [4.78, 5) is 20.8. The fourth-order valence-corrected chi connectivity index (χ4v) is 1.48. The van der Waals surface area contributed by atoms with E-state index in [0.29, 0.717) is 0 Å². The largest absolute Gasteiger partial charge is 0.466 e. The molecule has 0 saturated heterocycles. The van der Waals surface area contributed by atoms with E-state index in [4.69, 9.17) is 11.6 Å². The summed E-state index contributed by atoms with van der Waals surface area (Å²) in [6.45, 7) is 1.84. The van der Waals surface area contributed by atoms with Gasteiger partial charge >= 0.3 is 11.7 Å². The number of rotatable bonds is 4. The second-order valence-corrected chi connectivity index (χ2v) is 3.56. The van der Waals surface area contributed by atoms with Crippen molar-refractivity contribution >= 4 is 23.3 Å². The molecule has 0 radical (unpaired) electrons. The SMILES string of the molecule is CCOC(=O)Cc1cc(Cl)c(F)c([N+](=O)[O-])c1. The van der Waals surface area contributed by atoms with Gasteiger partial charge in [-0.25, -0.2) is 0 Å². The van der Waals surface area contributed by atoms with E-state index in [-0.39, 0.29) is 18.6 Å². The maximum Gasteiger partial charge on any atom is 0.310 e. The van der Waals surface area contributed by atoms with E-state index in [1.54, 1.807) is 6.92 Å². The van der Waals surface area contributed by atoms with Gasteiger partial charge in [-0.15, -0.1) is 0 Å². The average molecular weight is 262 g/mol. The first-order valence-corrected chi connectivity index (χ1v) is 5.11. The van der Waals surface area contributed by atoms with Crippen LogP contribution in [-0.2, 0) is 16.0 Å². The molecule has 0 heterocycles. The fraction of sp³-hybridized carbons (Fsp3) is 0.300. The number of carbonyl (C=O) groups excluding carboxylic acids is 1. The molecule has 0 bridgehead atoms. The summed E-state index contributed by atoms with van der Waals surface area (Å²) < 4.78 is 17.9. The van der Waals surface area contributed by atoms with Gasteiger partial charge in [0.25, 0.3) is 0 Å². The smallest absolute Gasteiger partial charge is 0.310 e. The van der Waals surface area contributed by atoms with Gasteiger partial charge in [-0.05, 0) is 18.6 Å². The van der Waals surface area contributed by atoms with Crippen molar-refractivity contribution in [2.24, 2.45) is 0 Å². The van der Waals surface area contributed by atoms with Crippen LogP contribution in [0.2, 0.25) is 5.02 Å². The lowest BCUT2D eigenvalue weighted by Crippen LogP contribution is -2.08. The van der Waals surface area contributed by atoms with Crippen LogP contribution < -0.4 is 0 Å². The molecule has 5 nitrogen and oxygen atoms in total. The number of nitrogens with zero attached hydrogens (tertiary/aromatic N) is 1. The molecule has 0 aliphatic carbocycles. The minimum absolute atomic E-state index is 0.186. The third-order valence-electron chi connectivity index (χ3n) is 1.92. The lowest BCUT2D eigenvalue weighted by Gasteiger charge is -2.03. The Labute approximate surface area is 101 Å². The molecule has 0 amide bonds. The van der Waals surface area contributed by atoms with Crippen LogP contribution in [0.5, 0.6) is 0 Å².